The predicted octanol–water partition coefficient (Wildman–Crippen LogP) is 3.71. The van der Waals surface area contributed by atoms with Crippen LogP contribution in [0.2, 0.25) is 0 Å². The molecule has 0 bridgehead atoms. The van der Waals surface area contributed by atoms with Gasteiger partial charge in [0.05, 0.1) is 10.6 Å². The van der Waals surface area contributed by atoms with Crippen LogP contribution in [0.4, 0.5) is 15.8 Å². The number of nitrogens with one attached hydrogen (secondary N) is 1. The van der Waals surface area contributed by atoms with Gasteiger partial charge < -0.3 is 10.2 Å². The monoisotopic (exact) mass is 419 g/mol. The molecule has 1 amide bonds. The quantitative estimate of drug-likeness (QED) is 0.775. The molecule has 1 aliphatic rings. The fourth-order valence-corrected chi connectivity index (χ4v) is 4.63. The molecule has 0 saturated carbocycles. The van der Waals surface area contributed by atoms with Gasteiger partial charge >= 0.3 is 0 Å². The SMILES string of the molecule is CC(C)N(C)S(=O)(=O)c1ccc(C(=O)Nc2c(F)cccc2N2CCCC2)cc1. The summed E-state index contributed by atoms with van der Waals surface area (Å²) in [5.41, 5.74) is 1.07. The molecule has 29 heavy (non-hydrogen) atoms. The third-order valence-corrected chi connectivity index (χ3v) is 7.25. The third kappa shape index (κ3) is 4.43. The second-order valence-corrected chi connectivity index (χ2v) is 9.42. The van der Waals surface area contributed by atoms with E-state index in [4.69, 9.17) is 0 Å². The average Bonchev–Trinajstić information content (AvgIpc) is 3.23. The van der Waals surface area contributed by atoms with Crippen LogP contribution >= 0.6 is 0 Å². The molecular formula is C21H26FN3O3S. The fourth-order valence-electron chi connectivity index (χ4n) is 3.27. The zero-order valence-corrected chi connectivity index (χ0v) is 17.7. The van der Waals surface area contributed by atoms with Crippen molar-refractivity contribution < 1.29 is 17.6 Å². The van der Waals surface area contributed by atoms with Gasteiger partial charge in [-0.1, -0.05) is 6.07 Å². The van der Waals surface area contributed by atoms with Crippen molar-refractivity contribution in [3.05, 3.63) is 53.8 Å². The van der Waals surface area contributed by atoms with E-state index < -0.39 is 21.7 Å². The van der Waals surface area contributed by atoms with Crippen LogP contribution in [0.1, 0.15) is 37.0 Å². The van der Waals surface area contributed by atoms with Crippen molar-refractivity contribution in [2.24, 2.45) is 0 Å². The van der Waals surface area contributed by atoms with Gasteiger partial charge in [0.25, 0.3) is 5.91 Å². The maximum absolute atomic E-state index is 14.4. The molecule has 0 radical (unpaired) electrons. The molecule has 156 valence electrons. The van der Waals surface area contributed by atoms with Gasteiger partial charge in [-0.05, 0) is 63.1 Å². The van der Waals surface area contributed by atoms with Crippen LogP contribution in [0.25, 0.3) is 0 Å². The lowest BCUT2D eigenvalue weighted by atomic mass is 10.2. The van der Waals surface area contributed by atoms with Crippen molar-refractivity contribution in [2.45, 2.75) is 37.6 Å². The largest absolute Gasteiger partial charge is 0.370 e. The summed E-state index contributed by atoms with van der Waals surface area (Å²) in [6.45, 7) is 5.21. The van der Waals surface area contributed by atoms with Gasteiger partial charge in [0, 0.05) is 31.7 Å². The Morgan fingerprint density at radius 1 is 1.10 bits per heavy atom. The smallest absolute Gasteiger partial charge is 0.255 e. The van der Waals surface area contributed by atoms with E-state index in [9.17, 15) is 17.6 Å². The Morgan fingerprint density at radius 3 is 2.31 bits per heavy atom. The minimum Gasteiger partial charge on any atom is -0.370 e. The van der Waals surface area contributed by atoms with Crippen molar-refractivity contribution in [3.8, 4) is 0 Å². The summed E-state index contributed by atoms with van der Waals surface area (Å²) in [5, 5.41) is 2.66. The van der Waals surface area contributed by atoms with Gasteiger partial charge in [0.1, 0.15) is 11.5 Å². The van der Waals surface area contributed by atoms with Crippen LogP contribution < -0.4 is 10.2 Å². The summed E-state index contributed by atoms with van der Waals surface area (Å²) in [6.07, 6.45) is 2.06. The van der Waals surface area contributed by atoms with Gasteiger partial charge in [-0.15, -0.1) is 0 Å². The number of anilines is 2. The Morgan fingerprint density at radius 2 is 1.72 bits per heavy atom. The Bertz CT molecular complexity index is 985. The van der Waals surface area contributed by atoms with Crippen molar-refractivity contribution >= 4 is 27.3 Å². The number of nitrogens with zero attached hydrogens (tertiary/aromatic N) is 2. The van der Waals surface area contributed by atoms with Crippen LogP contribution in [0.3, 0.4) is 0 Å². The second kappa shape index (κ2) is 8.51. The van der Waals surface area contributed by atoms with Crippen molar-refractivity contribution in [1.29, 1.82) is 0 Å². The van der Waals surface area contributed by atoms with Gasteiger partial charge in [-0.3, -0.25) is 4.79 Å². The first-order valence-electron chi connectivity index (χ1n) is 9.64. The van der Waals surface area contributed by atoms with E-state index in [-0.39, 0.29) is 22.2 Å². The highest BCUT2D eigenvalue weighted by molar-refractivity contribution is 7.89. The maximum atomic E-state index is 14.4. The average molecular weight is 420 g/mol. The molecule has 0 aromatic heterocycles. The van der Waals surface area contributed by atoms with Crippen molar-refractivity contribution in [1.82, 2.24) is 4.31 Å². The van der Waals surface area contributed by atoms with Crippen molar-refractivity contribution in [2.75, 3.05) is 30.4 Å². The lowest BCUT2D eigenvalue weighted by Crippen LogP contribution is -2.33. The van der Waals surface area contributed by atoms with E-state index in [0.717, 1.165) is 25.9 Å². The van der Waals surface area contributed by atoms with E-state index >= 15 is 0 Å². The molecule has 3 rings (SSSR count). The highest BCUT2D eigenvalue weighted by atomic mass is 32.2. The first-order valence-corrected chi connectivity index (χ1v) is 11.1. The number of rotatable bonds is 6. The molecule has 8 heteroatoms. The minimum absolute atomic E-state index is 0.105. The Kier molecular flexibility index (Phi) is 6.24. The summed E-state index contributed by atoms with van der Waals surface area (Å²) in [5.74, 6) is -0.989. The number of para-hydroxylation sites is 1. The van der Waals surface area contributed by atoms with E-state index in [1.165, 1.54) is 41.7 Å². The van der Waals surface area contributed by atoms with E-state index in [1.54, 1.807) is 26.0 Å². The zero-order valence-electron chi connectivity index (χ0n) is 16.9. The van der Waals surface area contributed by atoms with Crippen LogP contribution in [0.15, 0.2) is 47.4 Å². The Hall–Kier alpha value is -2.45. The number of carbonyl (C=O) groups is 1. The molecule has 0 spiro atoms. The molecule has 2 aromatic rings. The van der Waals surface area contributed by atoms with Gasteiger partial charge in [-0.25, -0.2) is 12.8 Å². The van der Waals surface area contributed by atoms with Crippen LogP contribution in [-0.4, -0.2) is 44.8 Å². The highest BCUT2D eigenvalue weighted by Gasteiger charge is 2.24. The number of benzene rings is 2. The van der Waals surface area contributed by atoms with E-state index in [1.807, 2.05) is 0 Å². The standard InChI is InChI=1S/C21H26FN3O3S/c1-15(2)24(3)29(27,28)17-11-9-16(10-12-17)21(26)23-20-18(22)7-6-8-19(20)25-13-4-5-14-25/h6-12,15H,4-5,13-14H2,1-3H3,(H,23,26). The molecule has 6 nitrogen and oxygen atoms in total. The first kappa shape index (κ1) is 21.3. The Balaban J connectivity index is 1.82. The van der Waals surface area contributed by atoms with E-state index in [0.29, 0.717) is 5.69 Å². The van der Waals surface area contributed by atoms with Gasteiger partial charge in [0.15, 0.2) is 0 Å². The molecular weight excluding hydrogens is 393 g/mol. The molecule has 1 aliphatic heterocycles. The molecule has 0 unspecified atom stereocenters. The third-order valence-electron chi connectivity index (χ3n) is 5.20. The molecule has 1 saturated heterocycles. The summed E-state index contributed by atoms with van der Waals surface area (Å²) < 4.78 is 40.8. The van der Waals surface area contributed by atoms with Gasteiger partial charge in [0.2, 0.25) is 10.0 Å². The number of hydrogen-bond acceptors (Lipinski definition) is 4. The first-order chi connectivity index (χ1) is 13.7. The second-order valence-electron chi connectivity index (χ2n) is 7.42. The lowest BCUT2D eigenvalue weighted by molar-refractivity contribution is 0.102. The van der Waals surface area contributed by atoms with Crippen LogP contribution in [0.5, 0.6) is 0 Å². The van der Waals surface area contributed by atoms with E-state index in [2.05, 4.69) is 10.2 Å². The number of carbonyl (C=O) groups excluding carboxylic acids is 1. The summed E-state index contributed by atoms with van der Waals surface area (Å²) in [4.78, 5) is 14.8. The molecule has 1 fully saturated rings. The maximum Gasteiger partial charge on any atom is 0.255 e. The molecule has 2 aromatic carbocycles. The number of hydrogen-bond donors (Lipinski definition) is 1. The predicted molar refractivity (Wildman–Crippen MR) is 112 cm³/mol. The number of amides is 1. The fraction of sp³-hybridized carbons (Fsp3) is 0.381. The minimum atomic E-state index is -3.63. The van der Waals surface area contributed by atoms with Gasteiger partial charge in [-0.2, -0.15) is 4.31 Å². The van der Waals surface area contributed by atoms with Crippen LogP contribution in [0, 0.1) is 5.82 Å². The molecule has 0 aliphatic carbocycles. The number of sulfonamides is 1. The molecule has 0 atom stereocenters. The number of halogens is 1. The highest BCUT2D eigenvalue weighted by Crippen LogP contribution is 2.31. The Labute approximate surface area is 171 Å². The molecule has 1 heterocycles. The topological polar surface area (TPSA) is 69.7 Å². The summed E-state index contributed by atoms with van der Waals surface area (Å²) in [7, 11) is -2.12. The zero-order chi connectivity index (χ0) is 21.2. The van der Waals surface area contributed by atoms with Crippen LogP contribution in [-0.2, 0) is 10.0 Å². The normalized spacial score (nSPS) is 14.6. The summed E-state index contributed by atoms with van der Waals surface area (Å²) in [6, 6.07) is 10.2. The molecule has 1 N–H and O–H groups in total. The lowest BCUT2D eigenvalue weighted by Gasteiger charge is -2.22. The summed E-state index contributed by atoms with van der Waals surface area (Å²) >= 11 is 0. The van der Waals surface area contributed by atoms with Crippen molar-refractivity contribution in [3.63, 3.8) is 0 Å².